The van der Waals surface area contributed by atoms with Gasteiger partial charge in [-0.05, 0) is 25.0 Å². The maximum Gasteiger partial charge on any atom is 0.0931 e. The fraction of sp³-hybridized carbons (Fsp3) is 0.636. The Balaban J connectivity index is 1.74. The summed E-state index contributed by atoms with van der Waals surface area (Å²) in [4.78, 5) is 1.25. The normalized spacial score (nSPS) is 19.9. The number of hydrogen-bond acceptors (Lipinski definition) is 4. The van der Waals surface area contributed by atoms with E-state index >= 15 is 0 Å². The first-order valence-corrected chi connectivity index (χ1v) is 6.69. The number of nitrogens with two attached hydrogens (primary N) is 1. The lowest BCUT2D eigenvalue weighted by Gasteiger charge is -2.33. The van der Waals surface area contributed by atoms with E-state index in [2.05, 4.69) is 5.32 Å². The summed E-state index contributed by atoms with van der Waals surface area (Å²) in [5, 5.41) is 3.40. The van der Waals surface area contributed by atoms with Crippen molar-refractivity contribution in [1.82, 2.24) is 5.32 Å². The van der Waals surface area contributed by atoms with Gasteiger partial charge in [-0.3, -0.25) is 0 Å². The van der Waals surface area contributed by atoms with Crippen LogP contribution in [0.4, 0.5) is 0 Å². The number of halogens is 1. The highest BCUT2D eigenvalue weighted by Crippen LogP contribution is 2.21. The molecular formula is C11H17ClN2OS. The van der Waals surface area contributed by atoms with Crippen molar-refractivity contribution < 1.29 is 4.74 Å². The summed E-state index contributed by atoms with van der Waals surface area (Å²) < 4.78 is 6.15. The molecule has 2 rings (SSSR count). The fourth-order valence-electron chi connectivity index (χ4n) is 1.84. The van der Waals surface area contributed by atoms with Gasteiger partial charge in [0.15, 0.2) is 0 Å². The Bertz CT molecular complexity index is 336. The second-order valence-electron chi connectivity index (χ2n) is 4.28. The maximum atomic E-state index is 6.26. The lowest BCUT2D eigenvalue weighted by Crippen LogP contribution is -2.52. The molecule has 1 aromatic rings. The zero-order chi connectivity index (χ0) is 11.4. The van der Waals surface area contributed by atoms with E-state index in [9.17, 15) is 0 Å². The molecule has 0 bridgehead atoms. The molecular weight excluding hydrogens is 244 g/mol. The fourth-order valence-corrected chi connectivity index (χ4v) is 2.89. The Labute approximate surface area is 105 Å². The zero-order valence-electron chi connectivity index (χ0n) is 9.17. The molecule has 5 heteroatoms. The molecule has 0 amide bonds. The third-order valence-corrected chi connectivity index (χ3v) is 4.12. The van der Waals surface area contributed by atoms with E-state index in [4.69, 9.17) is 22.1 Å². The van der Waals surface area contributed by atoms with Crippen molar-refractivity contribution in [1.29, 1.82) is 0 Å². The molecule has 3 nitrogen and oxygen atoms in total. The Morgan fingerprint density at radius 2 is 2.19 bits per heavy atom. The average molecular weight is 261 g/mol. The topological polar surface area (TPSA) is 47.3 Å². The number of hydrogen-bond donors (Lipinski definition) is 2. The first-order valence-electron chi connectivity index (χ1n) is 5.50. The summed E-state index contributed by atoms with van der Waals surface area (Å²) in [6.45, 7) is 3.25. The molecule has 1 aliphatic heterocycles. The maximum absolute atomic E-state index is 6.26. The molecule has 1 aliphatic rings. The van der Waals surface area contributed by atoms with E-state index in [0.29, 0.717) is 0 Å². The monoisotopic (exact) mass is 260 g/mol. The summed E-state index contributed by atoms with van der Waals surface area (Å²) in [6, 6.07) is 3.98. The van der Waals surface area contributed by atoms with Crippen molar-refractivity contribution in [3.63, 3.8) is 0 Å². The molecule has 1 aromatic heterocycles. The molecule has 0 saturated carbocycles. The Kier molecular flexibility index (Phi) is 4.21. The quantitative estimate of drug-likeness (QED) is 0.871. The number of thiophene rings is 1. The van der Waals surface area contributed by atoms with Crippen LogP contribution in [0.1, 0.15) is 17.7 Å². The minimum absolute atomic E-state index is 0.0979. The Morgan fingerprint density at radius 3 is 2.81 bits per heavy atom. The summed E-state index contributed by atoms with van der Waals surface area (Å²) in [6.07, 6.45) is 1.87. The van der Waals surface area contributed by atoms with Crippen LogP contribution in [-0.2, 0) is 11.3 Å². The summed E-state index contributed by atoms with van der Waals surface area (Å²) >= 11 is 7.48. The number of rotatable bonds is 4. The van der Waals surface area contributed by atoms with Crippen LogP contribution >= 0.6 is 22.9 Å². The Hall–Kier alpha value is -0.130. The smallest absolute Gasteiger partial charge is 0.0931 e. The minimum atomic E-state index is -0.0979. The van der Waals surface area contributed by atoms with Crippen LogP contribution in [0.15, 0.2) is 12.1 Å². The second-order valence-corrected chi connectivity index (χ2v) is 6.08. The van der Waals surface area contributed by atoms with Crippen molar-refractivity contribution >= 4 is 22.9 Å². The van der Waals surface area contributed by atoms with E-state index in [1.165, 1.54) is 4.88 Å². The standard InChI is InChI=1S/C11H17ClN2OS/c12-10-2-1-9(16-10)7-14-8-11(13)3-5-15-6-4-11/h1-2,14H,3-8,13H2. The van der Waals surface area contributed by atoms with Crippen molar-refractivity contribution in [3.05, 3.63) is 21.3 Å². The molecule has 0 aromatic carbocycles. The van der Waals surface area contributed by atoms with E-state index in [1.54, 1.807) is 11.3 Å². The van der Waals surface area contributed by atoms with Crippen LogP contribution in [0.3, 0.4) is 0 Å². The van der Waals surface area contributed by atoms with Crippen LogP contribution < -0.4 is 11.1 Å². The summed E-state index contributed by atoms with van der Waals surface area (Å²) in [7, 11) is 0. The summed E-state index contributed by atoms with van der Waals surface area (Å²) in [5.41, 5.74) is 6.17. The number of ether oxygens (including phenoxy) is 1. The van der Waals surface area contributed by atoms with Gasteiger partial charge in [0.1, 0.15) is 0 Å². The molecule has 0 aliphatic carbocycles. The lowest BCUT2D eigenvalue weighted by molar-refractivity contribution is 0.0531. The largest absolute Gasteiger partial charge is 0.381 e. The highest BCUT2D eigenvalue weighted by molar-refractivity contribution is 7.16. The average Bonchev–Trinajstić information content (AvgIpc) is 2.65. The van der Waals surface area contributed by atoms with Gasteiger partial charge in [0.25, 0.3) is 0 Å². The highest BCUT2D eigenvalue weighted by atomic mass is 35.5. The molecule has 3 N–H and O–H groups in total. The number of nitrogens with one attached hydrogen (secondary N) is 1. The van der Waals surface area contributed by atoms with Gasteiger partial charge in [-0.2, -0.15) is 0 Å². The van der Waals surface area contributed by atoms with Gasteiger partial charge >= 0.3 is 0 Å². The predicted molar refractivity (Wildman–Crippen MR) is 68.0 cm³/mol. The molecule has 1 fully saturated rings. The molecule has 0 unspecified atom stereocenters. The van der Waals surface area contributed by atoms with Crippen LogP contribution in [0.2, 0.25) is 4.34 Å². The highest BCUT2D eigenvalue weighted by Gasteiger charge is 2.27. The van der Waals surface area contributed by atoms with E-state index in [1.807, 2.05) is 12.1 Å². The first-order chi connectivity index (χ1) is 7.68. The molecule has 0 spiro atoms. The van der Waals surface area contributed by atoms with Gasteiger partial charge in [0.2, 0.25) is 0 Å². The first kappa shape index (κ1) is 12.3. The van der Waals surface area contributed by atoms with Gasteiger partial charge in [0, 0.05) is 36.7 Å². The van der Waals surface area contributed by atoms with Crippen LogP contribution in [0.25, 0.3) is 0 Å². The molecule has 1 saturated heterocycles. The summed E-state index contributed by atoms with van der Waals surface area (Å²) in [5.74, 6) is 0. The molecule has 16 heavy (non-hydrogen) atoms. The van der Waals surface area contributed by atoms with Crippen LogP contribution in [0.5, 0.6) is 0 Å². The van der Waals surface area contributed by atoms with Crippen LogP contribution in [-0.4, -0.2) is 25.3 Å². The van der Waals surface area contributed by atoms with Crippen molar-refractivity contribution in [2.24, 2.45) is 5.73 Å². The molecule has 90 valence electrons. The SMILES string of the molecule is NC1(CNCc2ccc(Cl)s2)CCOCC1. The van der Waals surface area contributed by atoms with Gasteiger partial charge in [0.05, 0.1) is 4.34 Å². The molecule has 2 heterocycles. The van der Waals surface area contributed by atoms with Crippen molar-refractivity contribution in [2.45, 2.75) is 24.9 Å². The molecule has 0 atom stereocenters. The third-order valence-electron chi connectivity index (χ3n) is 2.89. The van der Waals surface area contributed by atoms with Crippen molar-refractivity contribution in [3.8, 4) is 0 Å². The van der Waals surface area contributed by atoms with Gasteiger partial charge < -0.3 is 15.8 Å². The van der Waals surface area contributed by atoms with E-state index in [-0.39, 0.29) is 5.54 Å². The Morgan fingerprint density at radius 1 is 1.44 bits per heavy atom. The van der Waals surface area contributed by atoms with Crippen LogP contribution in [0, 0.1) is 0 Å². The van der Waals surface area contributed by atoms with Gasteiger partial charge in [-0.1, -0.05) is 11.6 Å². The van der Waals surface area contributed by atoms with E-state index < -0.39 is 0 Å². The van der Waals surface area contributed by atoms with Gasteiger partial charge in [-0.25, -0.2) is 0 Å². The van der Waals surface area contributed by atoms with Crippen molar-refractivity contribution in [2.75, 3.05) is 19.8 Å². The lowest BCUT2D eigenvalue weighted by atomic mass is 9.91. The zero-order valence-corrected chi connectivity index (χ0v) is 10.7. The van der Waals surface area contributed by atoms with E-state index in [0.717, 1.165) is 43.5 Å². The third kappa shape index (κ3) is 3.43. The van der Waals surface area contributed by atoms with Gasteiger partial charge in [-0.15, -0.1) is 11.3 Å². The molecule has 0 radical (unpaired) electrons. The second kappa shape index (κ2) is 5.47. The minimum Gasteiger partial charge on any atom is -0.381 e. The predicted octanol–water partition coefficient (Wildman–Crippen LogP) is 2.00.